The number of rotatable bonds is 5. The summed E-state index contributed by atoms with van der Waals surface area (Å²) in [4.78, 5) is 25.0. The van der Waals surface area contributed by atoms with Gasteiger partial charge >= 0.3 is 12.1 Å². The number of aliphatic hydroxyl groups is 1. The van der Waals surface area contributed by atoms with Gasteiger partial charge in [-0.25, -0.2) is 9.59 Å². The minimum atomic E-state index is -0.916. The molecule has 0 spiro atoms. The van der Waals surface area contributed by atoms with E-state index in [0.29, 0.717) is 12.8 Å². The highest BCUT2D eigenvalue weighted by Gasteiger charge is 2.32. The van der Waals surface area contributed by atoms with Crippen molar-refractivity contribution in [3.8, 4) is 0 Å². The summed E-state index contributed by atoms with van der Waals surface area (Å²) in [6.45, 7) is 8.55. The molecule has 0 heterocycles. The van der Waals surface area contributed by atoms with E-state index in [-0.39, 0.29) is 0 Å². The van der Waals surface area contributed by atoms with Crippen LogP contribution in [0.5, 0.6) is 0 Å². The molecule has 0 aromatic carbocycles. The first-order valence-corrected chi connectivity index (χ1v) is 6.63. The molecule has 0 fully saturated rings. The van der Waals surface area contributed by atoms with Crippen molar-refractivity contribution in [3.63, 3.8) is 0 Å². The Morgan fingerprint density at radius 2 is 1.70 bits per heavy atom. The molecule has 6 nitrogen and oxygen atoms in total. The molecule has 6 heteroatoms. The minimum absolute atomic E-state index is 0.298. The molecular formula is C14H27NO5. The Morgan fingerprint density at radius 3 is 2.05 bits per heavy atom. The number of hydrogen-bond acceptors (Lipinski definition) is 5. The van der Waals surface area contributed by atoms with E-state index in [9.17, 15) is 14.7 Å². The van der Waals surface area contributed by atoms with E-state index in [2.05, 4.69) is 0 Å². The number of nitrogens with zero attached hydrogens (tertiary/aromatic N) is 1. The molecule has 118 valence electrons. The Balaban J connectivity index is 4.85. The number of methoxy groups -OCH3 is 1. The number of amides is 1. The largest absolute Gasteiger partial charge is 0.467 e. The molecule has 0 radical (unpaired) electrons. The lowest BCUT2D eigenvalue weighted by Gasteiger charge is -2.30. The quantitative estimate of drug-likeness (QED) is 0.783. The van der Waals surface area contributed by atoms with Crippen molar-refractivity contribution in [3.05, 3.63) is 0 Å². The predicted octanol–water partition coefficient (Wildman–Crippen LogP) is 1.95. The van der Waals surface area contributed by atoms with Crippen molar-refractivity contribution in [1.82, 2.24) is 4.90 Å². The maximum Gasteiger partial charge on any atom is 0.410 e. The first-order valence-electron chi connectivity index (χ1n) is 6.63. The van der Waals surface area contributed by atoms with Crippen LogP contribution < -0.4 is 0 Å². The average molecular weight is 289 g/mol. The molecule has 0 rings (SSSR count). The van der Waals surface area contributed by atoms with Crippen molar-refractivity contribution in [2.75, 3.05) is 14.2 Å². The number of carbonyl (C=O) groups is 2. The van der Waals surface area contributed by atoms with Crippen molar-refractivity contribution in [1.29, 1.82) is 0 Å². The smallest absolute Gasteiger partial charge is 0.410 e. The fraction of sp³-hybridized carbons (Fsp3) is 0.857. The van der Waals surface area contributed by atoms with Crippen molar-refractivity contribution in [2.45, 2.75) is 64.7 Å². The van der Waals surface area contributed by atoms with Crippen LogP contribution in [-0.2, 0) is 14.3 Å². The van der Waals surface area contributed by atoms with Crippen molar-refractivity contribution in [2.24, 2.45) is 0 Å². The molecule has 20 heavy (non-hydrogen) atoms. The molecule has 0 aliphatic carbocycles. The van der Waals surface area contributed by atoms with E-state index in [0.717, 1.165) is 0 Å². The molecule has 0 saturated heterocycles. The summed E-state index contributed by atoms with van der Waals surface area (Å²) in [5.74, 6) is -0.525. The van der Waals surface area contributed by atoms with E-state index >= 15 is 0 Å². The van der Waals surface area contributed by atoms with Crippen LogP contribution in [0.4, 0.5) is 4.79 Å². The van der Waals surface area contributed by atoms with Gasteiger partial charge in [0.15, 0.2) is 0 Å². The Morgan fingerprint density at radius 1 is 1.20 bits per heavy atom. The van der Waals surface area contributed by atoms with Gasteiger partial charge in [0.2, 0.25) is 0 Å². The van der Waals surface area contributed by atoms with Crippen LogP contribution in [0.15, 0.2) is 0 Å². The van der Waals surface area contributed by atoms with Gasteiger partial charge in [-0.3, -0.25) is 4.90 Å². The van der Waals surface area contributed by atoms with Gasteiger partial charge in [0.25, 0.3) is 0 Å². The summed E-state index contributed by atoms with van der Waals surface area (Å²) in [5, 5.41) is 9.74. The number of ether oxygens (including phenoxy) is 2. The summed E-state index contributed by atoms with van der Waals surface area (Å²) in [6, 6.07) is -0.777. The topological polar surface area (TPSA) is 76.1 Å². The number of hydrogen-bond donors (Lipinski definition) is 1. The molecule has 1 amide bonds. The third-order valence-corrected chi connectivity index (χ3v) is 2.65. The highest BCUT2D eigenvalue weighted by Crippen LogP contribution is 2.18. The van der Waals surface area contributed by atoms with Gasteiger partial charge in [-0.1, -0.05) is 0 Å². The summed E-state index contributed by atoms with van der Waals surface area (Å²) >= 11 is 0. The van der Waals surface area contributed by atoms with Crippen molar-refractivity contribution >= 4 is 12.1 Å². The molecule has 0 aromatic rings. The van der Waals surface area contributed by atoms with Crippen LogP contribution in [0.3, 0.4) is 0 Å². The fourth-order valence-corrected chi connectivity index (χ4v) is 1.56. The zero-order valence-electron chi connectivity index (χ0n) is 13.5. The van der Waals surface area contributed by atoms with Gasteiger partial charge in [0.05, 0.1) is 12.7 Å². The normalized spacial score (nSPS) is 13.6. The highest BCUT2D eigenvalue weighted by atomic mass is 16.6. The lowest BCUT2D eigenvalue weighted by molar-refractivity contribution is -0.147. The molecule has 1 atom stereocenters. The molecule has 0 aliphatic rings. The Hall–Kier alpha value is -1.30. The van der Waals surface area contributed by atoms with Crippen LogP contribution in [0.25, 0.3) is 0 Å². The molecule has 0 unspecified atom stereocenters. The minimum Gasteiger partial charge on any atom is -0.467 e. The van der Waals surface area contributed by atoms with Crippen LogP contribution in [-0.4, -0.2) is 53.5 Å². The first-order chi connectivity index (χ1) is 8.87. The summed E-state index contributed by atoms with van der Waals surface area (Å²) in [6.07, 6.45) is 0.0647. The second-order valence-electron chi connectivity index (χ2n) is 6.48. The Labute approximate surface area is 121 Å². The summed E-state index contributed by atoms with van der Waals surface area (Å²) in [5.41, 5.74) is -1.55. The van der Waals surface area contributed by atoms with Gasteiger partial charge in [-0.2, -0.15) is 0 Å². The number of carbonyl (C=O) groups excluding carboxylic acids is 2. The SMILES string of the molecule is COC(=O)[C@H](CCC(C)(C)O)N(C)C(=O)OC(C)(C)C. The van der Waals surface area contributed by atoms with Crippen molar-refractivity contribution < 1.29 is 24.2 Å². The molecule has 0 aromatic heterocycles. The van der Waals surface area contributed by atoms with E-state index < -0.39 is 29.3 Å². The highest BCUT2D eigenvalue weighted by molar-refractivity contribution is 5.81. The summed E-state index contributed by atoms with van der Waals surface area (Å²) in [7, 11) is 2.75. The third-order valence-electron chi connectivity index (χ3n) is 2.65. The zero-order valence-corrected chi connectivity index (χ0v) is 13.5. The monoisotopic (exact) mass is 289 g/mol. The third kappa shape index (κ3) is 7.33. The summed E-state index contributed by atoms with van der Waals surface area (Å²) < 4.78 is 9.93. The maximum atomic E-state index is 12.0. The second kappa shape index (κ2) is 6.92. The molecular weight excluding hydrogens is 262 g/mol. The molecule has 1 N–H and O–H groups in total. The Kier molecular flexibility index (Phi) is 6.47. The lowest BCUT2D eigenvalue weighted by Crippen LogP contribution is -2.46. The molecule has 0 bridgehead atoms. The van der Waals surface area contributed by atoms with Gasteiger partial charge in [0.1, 0.15) is 11.6 Å². The van der Waals surface area contributed by atoms with Gasteiger partial charge < -0.3 is 14.6 Å². The van der Waals surface area contributed by atoms with E-state index in [1.165, 1.54) is 19.1 Å². The van der Waals surface area contributed by atoms with Crippen LogP contribution in [0.1, 0.15) is 47.5 Å². The van der Waals surface area contributed by atoms with E-state index in [1.807, 2.05) is 0 Å². The van der Waals surface area contributed by atoms with E-state index in [4.69, 9.17) is 9.47 Å². The fourth-order valence-electron chi connectivity index (χ4n) is 1.56. The lowest BCUT2D eigenvalue weighted by atomic mass is 9.99. The van der Waals surface area contributed by atoms with Crippen LogP contribution >= 0.6 is 0 Å². The second-order valence-corrected chi connectivity index (χ2v) is 6.48. The maximum absolute atomic E-state index is 12.0. The molecule has 0 saturated carbocycles. The standard InChI is InChI=1S/C14H27NO5/c1-13(2,3)20-12(17)15(6)10(11(16)19-7)8-9-14(4,5)18/h10,18H,8-9H2,1-7H3/t10-/m0/s1. The van der Waals surface area contributed by atoms with Crippen LogP contribution in [0.2, 0.25) is 0 Å². The van der Waals surface area contributed by atoms with Gasteiger partial charge in [-0.05, 0) is 47.5 Å². The predicted molar refractivity (Wildman–Crippen MR) is 75.3 cm³/mol. The Bertz CT molecular complexity index is 340. The average Bonchev–Trinajstić information content (AvgIpc) is 2.24. The van der Waals surface area contributed by atoms with E-state index in [1.54, 1.807) is 34.6 Å². The van der Waals surface area contributed by atoms with Crippen LogP contribution in [0, 0.1) is 0 Å². The van der Waals surface area contributed by atoms with Gasteiger partial charge in [0, 0.05) is 7.05 Å². The first kappa shape index (κ1) is 18.7. The number of esters is 1. The number of likely N-dealkylation sites (N-methyl/N-ethyl adjacent to an activating group) is 1. The zero-order chi connectivity index (χ0) is 16.1. The molecule has 0 aliphatic heterocycles. The van der Waals surface area contributed by atoms with Gasteiger partial charge in [-0.15, -0.1) is 0 Å².